The highest BCUT2D eigenvalue weighted by Crippen LogP contribution is 2.28. The highest BCUT2D eigenvalue weighted by molar-refractivity contribution is 6.03. The average Bonchev–Trinajstić information content (AvgIpc) is 3.33. The van der Waals surface area contributed by atoms with Crippen LogP contribution in [0.1, 0.15) is 0 Å². The van der Waals surface area contributed by atoms with Crippen LogP contribution in [-0.4, -0.2) is 54.5 Å². The van der Waals surface area contributed by atoms with Gasteiger partial charge in [0.2, 0.25) is 0 Å². The molecule has 0 bridgehead atoms. The number of hydrogen-bond donors (Lipinski definition) is 0. The quantitative estimate of drug-likeness (QED) is 0.581. The van der Waals surface area contributed by atoms with Crippen LogP contribution < -0.4 is 4.90 Å². The molecule has 2 aromatic carbocycles. The highest BCUT2D eigenvalue weighted by Gasteiger charge is 2.32. The maximum absolute atomic E-state index is 12.4. The van der Waals surface area contributed by atoms with Gasteiger partial charge in [-0.05, 0) is 24.3 Å². The van der Waals surface area contributed by atoms with Crippen LogP contribution in [0.15, 0.2) is 72.1 Å². The number of ether oxygens (including phenoxy) is 3. The van der Waals surface area contributed by atoms with Crippen LogP contribution >= 0.6 is 0 Å². The van der Waals surface area contributed by atoms with Crippen LogP contribution in [0.5, 0.6) is 0 Å². The second kappa shape index (κ2) is 8.80. The molecule has 1 aliphatic heterocycles. The van der Waals surface area contributed by atoms with E-state index in [4.69, 9.17) is 14.2 Å². The van der Waals surface area contributed by atoms with Gasteiger partial charge >= 0.3 is 11.9 Å². The van der Waals surface area contributed by atoms with E-state index < -0.39 is 11.9 Å². The Kier molecular flexibility index (Phi) is 5.76. The van der Waals surface area contributed by atoms with Crippen molar-refractivity contribution in [3.63, 3.8) is 0 Å². The van der Waals surface area contributed by atoms with Gasteiger partial charge in [-0.15, -0.1) is 5.10 Å². The molecule has 0 amide bonds. The van der Waals surface area contributed by atoms with E-state index in [0.29, 0.717) is 5.69 Å². The van der Waals surface area contributed by atoms with Gasteiger partial charge in [0.15, 0.2) is 0 Å². The first kappa shape index (κ1) is 20.3. The summed E-state index contributed by atoms with van der Waals surface area (Å²) in [6, 6.07) is 17.1. The molecule has 1 aliphatic rings. The Balaban J connectivity index is 1.69. The van der Waals surface area contributed by atoms with Gasteiger partial charge in [-0.3, -0.25) is 0 Å². The SMILES string of the molecule is COC(=O)C1=C(C(=O)OC)N(c2ccc(-n3nncc3-c3ccccc3)cc2)COC1. The van der Waals surface area contributed by atoms with E-state index in [1.807, 2.05) is 42.5 Å². The van der Waals surface area contributed by atoms with Crippen molar-refractivity contribution in [2.24, 2.45) is 0 Å². The number of carbonyl (C=O) groups excluding carboxylic acids is 2. The van der Waals surface area contributed by atoms with Crippen LogP contribution in [0.3, 0.4) is 0 Å². The lowest BCUT2D eigenvalue weighted by atomic mass is 10.1. The molecule has 4 rings (SSSR count). The average molecular weight is 420 g/mol. The summed E-state index contributed by atoms with van der Waals surface area (Å²) in [7, 11) is 2.51. The van der Waals surface area contributed by atoms with E-state index in [0.717, 1.165) is 16.9 Å². The van der Waals surface area contributed by atoms with Gasteiger partial charge in [0.05, 0.1) is 44.0 Å². The lowest BCUT2D eigenvalue weighted by Crippen LogP contribution is -2.38. The fourth-order valence-electron chi connectivity index (χ4n) is 3.35. The van der Waals surface area contributed by atoms with Crippen LogP contribution in [0, 0.1) is 0 Å². The fraction of sp³-hybridized carbons (Fsp3) is 0.182. The first-order chi connectivity index (χ1) is 15.1. The Bertz CT molecular complexity index is 1120. The zero-order chi connectivity index (χ0) is 21.8. The Labute approximate surface area is 178 Å². The van der Waals surface area contributed by atoms with Crippen molar-refractivity contribution in [2.45, 2.75) is 0 Å². The first-order valence-corrected chi connectivity index (χ1v) is 9.45. The lowest BCUT2D eigenvalue weighted by molar-refractivity contribution is -0.140. The van der Waals surface area contributed by atoms with Crippen LogP contribution in [-0.2, 0) is 23.8 Å². The second-order valence-electron chi connectivity index (χ2n) is 6.63. The second-order valence-corrected chi connectivity index (χ2v) is 6.63. The van der Waals surface area contributed by atoms with Crippen molar-refractivity contribution in [1.82, 2.24) is 15.0 Å². The highest BCUT2D eigenvalue weighted by atomic mass is 16.5. The van der Waals surface area contributed by atoms with Crippen molar-refractivity contribution in [1.29, 1.82) is 0 Å². The number of benzene rings is 2. The molecule has 31 heavy (non-hydrogen) atoms. The molecule has 9 heteroatoms. The molecule has 0 fully saturated rings. The minimum absolute atomic E-state index is 0.0366. The number of anilines is 1. The van der Waals surface area contributed by atoms with Gasteiger partial charge in [-0.1, -0.05) is 35.5 Å². The topological polar surface area (TPSA) is 95.8 Å². The van der Waals surface area contributed by atoms with Crippen molar-refractivity contribution in [3.05, 3.63) is 72.1 Å². The third-order valence-electron chi connectivity index (χ3n) is 4.86. The van der Waals surface area contributed by atoms with E-state index in [1.54, 1.807) is 27.9 Å². The number of methoxy groups -OCH3 is 2. The predicted octanol–water partition coefficient (Wildman–Crippen LogP) is 2.33. The van der Waals surface area contributed by atoms with Crippen LogP contribution in [0.4, 0.5) is 5.69 Å². The molecule has 0 unspecified atom stereocenters. The minimum atomic E-state index is -0.643. The van der Waals surface area contributed by atoms with Crippen molar-refractivity contribution in [2.75, 3.05) is 32.5 Å². The van der Waals surface area contributed by atoms with Gasteiger partial charge in [0.1, 0.15) is 12.4 Å². The normalized spacial score (nSPS) is 13.8. The minimum Gasteiger partial charge on any atom is -0.466 e. The summed E-state index contributed by atoms with van der Waals surface area (Å²) in [5, 5.41) is 8.23. The van der Waals surface area contributed by atoms with Gasteiger partial charge in [-0.25, -0.2) is 14.3 Å². The summed E-state index contributed by atoms with van der Waals surface area (Å²) in [6.07, 6.45) is 1.70. The fourth-order valence-corrected chi connectivity index (χ4v) is 3.35. The van der Waals surface area contributed by atoms with Crippen LogP contribution in [0.25, 0.3) is 16.9 Å². The Morgan fingerprint density at radius 2 is 1.61 bits per heavy atom. The Morgan fingerprint density at radius 3 is 2.29 bits per heavy atom. The summed E-state index contributed by atoms with van der Waals surface area (Å²) >= 11 is 0. The molecule has 3 aromatic rings. The maximum atomic E-state index is 12.4. The number of hydrogen-bond acceptors (Lipinski definition) is 8. The predicted molar refractivity (Wildman–Crippen MR) is 111 cm³/mol. The monoisotopic (exact) mass is 420 g/mol. The molecule has 9 nitrogen and oxygen atoms in total. The van der Waals surface area contributed by atoms with Crippen molar-refractivity contribution < 1.29 is 23.8 Å². The third kappa shape index (κ3) is 3.90. The molecule has 1 aromatic heterocycles. The van der Waals surface area contributed by atoms with Gasteiger partial charge in [-0.2, -0.15) is 0 Å². The molecule has 0 saturated carbocycles. The largest absolute Gasteiger partial charge is 0.466 e. The van der Waals surface area contributed by atoms with Crippen LogP contribution in [0.2, 0.25) is 0 Å². The maximum Gasteiger partial charge on any atom is 0.355 e. The molecular weight excluding hydrogens is 400 g/mol. The molecule has 0 saturated heterocycles. The van der Waals surface area contributed by atoms with Gasteiger partial charge in [0.25, 0.3) is 0 Å². The third-order valence-corrected chi connectivity index (χ3v) is 4.86. The van der Waals surface area contributed by atoms with E-state index >= 15 is 0 Å². The molecule has 0 radical (unpaired) electrons. The van der Waals surface area contributed by atoms with Gasteiger partial charge in [0, 0.05) is 11.3 Å². The number of carbonyl (C=O) groups is 2. The Hall–Kier alpha value is -3.98. The van der Waals surface area contributed by atoms with Gasteiger partial charge < -0.3 is 19.1 Å². The number of aromatic nitrogens is 3. The molecule has 2 heterocycles. The summed E-state index contributed by atoms with van der Waals surface area (Å²) in [6.45, 7) is 0.0496. The van der Waals surface area contributed by atoms with E-state index in [-0.39, 0.29) is 24.6 Å². The van der Waals surface area contributed by atoms with E-state index in [9.17, 15) is 9.59 Å². The van der Waals surface area contributed by atoms with E-state index in [2.05, 4.69) is 10.3 Å². The standard InChI is InChI=1S/C22H20N4O5/c1-29-21(27)18-13-31-14-25(20(18)22(28)30-2)16-8-10-17(11-9-16)26-19(12-23-24-26)15-6-4-3-5-7-15/h3-12H,13-14H2,1-2H3. The number of esters is 2. The number of rotatable bonds is 5. The first-order valence-electron chi connectivity index (χ1n) is 9.45. The summed E-state index contributed by atoms with van der Waals surface area (Å²) in [5.41, 5.74) is 3.46. The lowest BCUT2D eigenvalue weighted by Gasteiger charge is -2.31. The number of nitrogens with zero attached hydrogens (tertiary/aromatic N) is 4. The molecule has 0 N–H and O–H groups in total. The summed E-state index contributed by atoms with van der Waals surface area (Å²) in [4.78, 5) is 26.1. The molecule has 0 spiro atoms. The van der Waals surface area contributed by atoms with Crippen molar-refractivity contribution >= 4 is 17.6 Å². The van der Waals surface area contributed by atoms with Crippen molar-refractivity contribution in [3.8, 4) is 16.9 Å². The zero-order valence-corrected chi connectivity index (χ0v) is 17.0. The zero-order valence-electron chi connectivity index (χ0n) is 17.0. The molecule has 0 aliphatic carbocycles. The molecule has 0 atom stereocenters. The smallest absolute Gasteiger partial charge is 0.355 e. The summed E-state index contributed by atoms with van der Waals surface area (Å²) < 4.78 is 16.9. The molecular formula is C22H20N4O5. The summed E-state index contributed by atoms with van der Waals surface area (Å²) in [5.74, 6) is -1.28. The molecule has 158 valence electrons. The Morgan fingerprint density at radius 1 is 0.935 bits per heavy atom. The van der Waals surface area contributed by atoms with E-state index in [1.165, 1.54) is 14.2 Å².